The highest BCUT2D eigenvalue weighted by Crippen LogP contribution is 2.20. The van der Waals surface area contributed by atoms with Gasteiger partial charge in [-0.2, -0.15) is 0 Å². The molecule has 1 aromatic carbocycles. The Bertz CT molecular complexity index is 550. The third kappa shape index (κ3) is 5.35. The van der Waals surface area contributed by atoms with Crippen LogP contribution < -0.4 is 5.73 Å². The maximum absolute atomic E-state index is 12.1. The van der Waals surface area contributed by atoms with Crippen molar-refractivity contribution in [3.05, 3.63) is 36.1 Å². The molecule has 1 amide bonds. The Balaban J connectivity index is 0.00000242. The predicted molar refractivity (Wildman–Crippen MR) is 92.1 cm³/mol. The molecule has 0 fully saturated rings. The van der Waals surface area contributed by atoms with E-state index in [1.807, 2.05) is 37.4 Å². The summed E-state index contributed by atoms with van der Waals surface area (Å²) in [6, 6.07) is 9.89. The van der Waals surface area contributed by atoms with Gasteiger partial charge < -0.3 is 15.1 Å². The first-order chi connectivity index (χ1) is 10.2. The van der Waals surface area contributed by atoms with Gasteiger partial charge in [0.1, 0.15) is 11.3 Å². The van der Waals surface area contributed by atoms with E-state index >= 15 is 0 Å². The molecule has 0 saturated heterocycles. The Kier molecular flexibility index (Phi) is 7.99. The first-order valence-corrected chi connectivity index (χ1v) is 7.62. The second-order valence-corrected chi connectivity index (χ2v) is 5.45. The van der Waals surface area contributed by atoms with Crippen molar-refractivity contribution in [3.63, 3.8) is 0 Å². The molecule has 0 saturated carbocycles. The standard InChI is InChI=1S/C17H24N2O2.ClH/c1-19(17(20)10-4-2-3-7-11-18)13-15-12-14-8-5-6-9-16(14)21-15;/h5-6,8-9,12H,2-4,7,10-11,13,18H2,1H3;1H. The molecule has 0 radical (unpaired) electrons. The minimum absolute atomic E-state index is 0. The second kappa shape index (κ2) is 9.49. The molecule has 0 spiro atoms. The number of furan rings is 1. The Morgan fingerprint density at radius 2 is 1.91 bits per heavy atom. The molecule has 1 aromatic heterocycles. The van der Waals surface area contributed by atoms with Crippen LogP contribution in [-0.4, -0.2) is 24.4 Å². The monoisotopic (exact) mass is 324 g/mol. The molecule has 2 N–H and O–H groups in total. The lowest BCUT2D eigenvalue weighted by Crippen LogP contribution is -2.25. The molecule has 2 aromatic rings. The van der Waals surface area contributed by atoms with Crippen molar-refractivity contribution in [1.82, 2.24) is 4.90 Å². The summed E-state index contributed by atoms with van der Waals surface area (Å²) in [7, 11) is 1.83. The SMILES string of the molecule is CN(Cc1cc2ccccc2o1)C(=O)CCCCCCN.Cl. The summed E-state index contributed by atoms with van der Waals surface area (Å²) in [6.45, 7) is 1.26. The number of amides is 1. The molecule has 5 heteroatoms. The smallest absolute Gasteiger partial charge is 0.222 e. The zero-order valence-electron chi connectivity index (χ0n) is 13.1. The topological polar surface area (TPSA) is 59.5 Å². The molecule has 22 heavy (non-hydrogen) atoms. The summed E-state index contributed by atoms with van der Waals surface area (Å²) in [5.41, 5.74) is 6.32. The molecule has 0 aliphatic heterocycles. The number of hydrogen-bond donors (Lipinski definition) is 1. The molecule has 0 atom stereocenters. The van der Waals surface area contributed by atoms with E-state index in [1.54, 1.807) is 4.90 Å². The van der Waals surface area contributed by atoms with Crippen molar-refractivity contribution in [3.8, 4) is 0 Å². The number of nitrogens with two attached hydrogens (primary N) is 1. The number of unbranched alkanes of at least 4 members (excludes halogenated alkanes) is 3. The first kappa shape index (κ1) is 18.5. The fraction of sp³-hybridized carbons (Fsp3) is 0.471. The van der Waals surface area contributed by atoms with Crippen molar-refractivity contribution in [1.29, 1.82) is 0 Å². The first-order valence-electron chi connectivity index (χ1n) is 7.62. The average Bonchev–Trinajstić information content (AvgIpc) is 2.88. The number of carbonyl (C=O) groups is 1. The maximum Gasteiger partial charge on any atom is 0.222 e. The van der Waals surface area contributed by atoms with Crippen LogP contribution in [0.3, 0.4) is 0 Å². The van der Waals surface area contributed by atoms with Gasteiger partial charge in [-0.3, -0.25) is 4.79 Å². The van der Waals surface area contributed by atoms with E-state index in [-0.39, 0.29) is 18.3 Å². The molecule has 0 bridgehead atoms. The van der Waals surface area contributed by atoms with Crippen LogP contribution in [-0.2, 0) is 11.3 Å². The Labute approximate surface area is 138 Å². The van der Waals surface area contributed by atoms with Crippen molar-refractivity contribution in [2.45, 2.75) is 38.6 Å². The van der Waals surface area contributed by atoms with Crippen LogP contribution in [0, 0.1) is 0 Å². The summed E-state index contributed by atoms with van der Waals surface area (Å²) in [5.74, 6) is 0.999. The van der Waals surface area contributed by atoms with Crippen LogP contribution >= 0.6 is 12.4 Å². The van der Waals surface area contributed by atoms with E-state index in [0.29, 0.717) is 13.0 Å². The number of rotatable bonds is 8. The highest BCUT2D eigenvalue weighted by molar-refractivity contribution is 5.85. The van der Waals surface area contributed by atoms with E-state index in [2.05, 4.69) is 0 Å². The van der Waals surface area contributed by atoms with Gasteiger partial charge in [0.05, 0.1) is 6.54 Å². The van der Waals surface area contributed by atoms with Gasteiger partial charge in [-0.05, 0) is 31.5 Å². The molecule has 0 aliphatic carbocycles. The fourth-order valence-corrected chi connectivity index (χ4v) is 2.40. The molecule has 4 nitrogen and oxygen atoms in total. The van der Waals surface area contributed by atoms with Gasteiger partial charge in [0.2, 0.25) is 5.91 Å². The molecule has 1 heterocycles. The lowest BCUT2D eigenvalue weighted by molar-refractivity contribution is -0.130. The summed E-state index contributed by atoms with van der Waals surface area (Å²) in [4.78, 5) is 13.8. The quantitative estimate of drug-likeness (QED) is 0.753. The average molecular weight is 325 g/mol. The van der Waals surface area contributed by atoms with Crippen LogP contribution in [0.2, 0.25) is 0 Å². The van der Waals surface area contributed by atoms with Gasteiger partial charge in [0.25, 0.3) is 0 Å². The lowest BCUT2D eigenvalue weighted by atomic mass is 10.1. The number of nitrogens with zero attached hydrogens (tertiary/aromatic N) is 1. The van der Waals surface area contributed by atoms with Gasteiger partial charge in [0, 0.05) is 18.9 Å². The Morgan fingerprint density at radius 1 is 1.18 bits per heavy atom. The normalized spacial score (nSPS) is 10.5. The number of hydrogen-bond acceptors (Lipinski definition) is 3. The summed E-state index contributed by atoms with van der Waals surface area (Å²) in [5, 5.41) is 1.08. The summed E-state index contributed by atoms with van der Waals surface area (Å²) in [6.07, 6.45) is 4.76. The van der Waals surface area contributed by atoms with Gasteiger partial charge >= 0.3 is 0 Å². The highest BCUT2D eigenvalue weighted by Gasteiger charge is 2.11. The molecule has 0 unspecified atom stereocenters. The largest absolute Gasteiger partial charge is 0.459 e. The molecule has 0 aliphatic rings. The van der Waals surface area contributed by atoms with Gasteiger partial charge in [-0.15, -0.1) is 12.4 Å². The van der Waals surface area contributed by atoms with Gasteiger partial charge in [-0.25, -0.2) is 0 Å². The summed E-state index contributed by atoms with van der Waals surface area (Å²) >= 11 is 0. The number of benzene rings is 1. The predicted octanol–water partition coefficient (Wildman–Crippen LogP) is 3.72. The van der Waals surface area contributed by atoms with Crippen molar-refractivity contribution >= 4 is 29.3 Å². The molecular formula is C17H25ClN2O2. The minimum atomic E-state index is 0. The van der Waals surface area contributed by atoms with Gasteiger partial charge in [-0.1, -0.05) is 31.0 Å². The Morgan fingerprint density at radius 3 is 2.64 bits per heavy atom. The molecule has 2 rings (SSSR count). The zero-order valence-corrected chi connectivity index (χ0v) is 13.9. The number of halogens is 1. The minimum Gasteiger partial charge on any atom is -0.459 e. The highest BCUT2D eigenvalue weighted by atomic mass is 35.5. The second-order valence-electron chi connectivity index (χ2n) is 5.45. The van der Waals surface area contributed by atoms with Crippen molar-refractivity contribution < 1.29 is 9.21 Å². The molecular weight excluding hydrogens is 300 g/mol. The van der Waals surface area contributed by atoms with Crippen molar-refractivity contribution in [2.24, 2.45) is 5.73 Å². The van der Waals surface area contributed by atoms with Crippen LogP contribution in [0.5, 0.6) is 0 Å². The number of para-hydroxylation sites is 1. The van der Waals surface area contributed by atoms with E-state index in [0.717, 1.165) is 49.0 Å². The third-order valence-electron chi connectivity index (χ3n) is 3.64. The van der Waals surface area contributed by atoms with E-state index in [4.69, 9.17) is 10.2 Å². The van der Waals surface area contributed by atoms with Gasteiger partial charge in [0.15, 0.2) is 0 Å². The Hall–Kier alpha value is -1.52. The van der Waals surface area contributed by atoms with Crippen LogP contribution in [0.4, 0.5) is 0 Å². The van der Waals surface area contributed by atoms with E-state index in [1.165, 1.54) is 0 Å². The van der Waals surface area contributed by atoms with Crippen LogP contribution in [0.25, 0.3) is 11.0 Å². The van der Waals surface area contributed by atoms with Crippen molar-refractivity contribution in [2.75, 3.05) is 13.6 Å². The number of carbonyl (C=O) groups excluding carboxylic acids is 1. The van der Waals surface area contributed by atoms with Crippen LogP contribution in [0.15, 0.2) is 34.7 Å². The maximum atomic E-state index is 12.1. The number of fused-ring (bicyclic) bond motifs is 1. The van der Waals surface area contributed by atoms with E-state index < -0.39 is 0 Å². The third-order valence-corrected chi connectivity index (χ3v) is 3.64. The van der Waals surface area contributed by atoms with E-state index in [9.17, 15) is 4.79 Å². The van der Waals surface area contributed by atoms with Crippen LogP contribution in [0.1, 0.15) is 37.9 Å². The fourth-order valence-electron chi connectivity index (χ4n) is 2.40. The zero-order chi connectivity index (χ0) is 15.1. The summed E-state index contributed by atoms with van der Waals surface area (Å²) < 4.78 is 5.74. The lowest BCUT2D eigenvalue weighted by Gasteiger charge is -2.15. The molecule has 122 valence electrons.